The van der Waals surface area contributed by atoms with Crippen LogP contribution in [-0.4, -0.2) is 12.5 Å². The number of fused-ring (bicyclic) bond motifs is 1. The summed E-state index contributed by atoms with van der Waals surface area (Å²) in [5.41, 5.74) is 9.29. The molecule has 0 aromatic heterocycles. The van der Waals surface area contributed by atoms with E-state index in [-0.39, 0.29) is 11.9 Å². The minimum absolute atomic E-state index is 0.0577. The molecule has 1 heterocycles. The van der Waals surface area contributed by atoms with Crippen molar-refractivity contribution in [2.24, 2.45) is 11.7 Å². The van der Waals surface area contributed by atoms with Crippen molar-refractivity contribution < 1.29 is 4.79 Å². The number of carbonyl (C=O) groups excluding carboxylic acids is 1. The van der Waals surface area contributed by atoms with E-state index in [1.165, 1.54) is 12.8 Å². The molecule has 17 heavy (non-hydrogen) atoms. The Morgan fingerprint density at radius 3 is 2.94 bits per heavy atom. The predicted molar refractivity (Wildman–Crippen MR) is 66.7 cm³/mol. The van der Waals surface area contributed by atoms with Crippen LogP contribution in [-0.2, 0) is 6.42 Å². The highest BCUT2D eigenvalue weighted by Crippen LogP contribution is 2.39. The van der Waals surface area contributed by atoms with Gasteiger partial charge in [0.15, 0.2) is 0 Å². The summed E-state index contributed by atoms with van der Waals surface area (Å²) in [6, 6.07) is 6.29. The molecule has 3 rings (SSSR count). The molecule has 3 heteroatoms. The molecule has 1 aliphatic carbocycles. The second kappa shape index (κ2) is 4.15. The van der Waals surface area contributed by atoms with Crippen molar-refractivity contribution >= 4 is 5.91 Å². The Hall–Kier alpha value is -1.35. The van der Waals surface area contributed by atoms with Crippen LogP contribution in [0.2, 0.25) is 0 Å². The fourth-order valence-corrected chi connectivity index (χ4v) is 2.53. The first-order chi connectivity index (χ1) is 8.25. The molecule has 1 aromatic rings. The normalized spacial score (nSPS) is 21.4. The second-order valence-electron chi connectivity index (χ2n) is 5.14. The number of benzene rings is 1. The number of rotatable bonds is 2. The molecule has 1 fully saturated rings. The first-order valence-corrected chi connectivity index (χ1v) is 6.42. The maximum absolute atomic E-state index is 11.9. The molecule has 1 atom stereocenters. The smallest absolute Gasteiger partial charge is 0.251 e. The average Bonchev–Trinajstić information content (AvgIpc) is 3.17. The summed E-state index contributed by atoms with van der Waals surface area (Å²) in [4.78, 5) is 11.9. The first-order valence-electron chi connectivity index (χ1n) is 6.42. The molecule has 1 unspecified atom stereocenters. The Labute approximate surface area is 101 Å². The van der Waals surface area contributed by atoms with E-state index < -0.39 is 0 Å². The number of nitrogens with two attached hydrogens (primary N) is 1. The lowest BCUT2D eigenvalue weighted by Gasteiger charge is -2.13. The largest absolute Gasteiger partial charge is 0.352 e. The van der Waals surface area contributed by atoms with Gasteiger partial charge < -0.3 is 11.1 Å². The highest BCUT2D eigenvalue weighted by Gasteiger charge is 2.30. The van der Waals surface area contributed by atoms with Gasteiger partial charge in [-0.2, -0.15) is 0 Å². The highest BCUT2D eigenvalue weighted by atomic mass is 16.1. The van der Waals surface area contributed by atoms with Crippen molar-refractivity contribution in [1.29, 1.82) is 0 Å². The first kappa shape index (κ1) is 10.8. The van der Waals surface area contributed by atoms with E-state index in [4.69, 9.17) is 5.73 Å². The van der Waals surface area contributed by atoms with E-state index in [0.29, 0.717) is 5.92 Å². The van der Waals surface area contributed by atoms with E-state index in [0.717, 1.165) is 36.1 Å². The Morgan fingerprint density at radius 2 is 2.18 bits per heavy atom. The molecule has 1 aromatic carbocycles. The molecule has 1 amide bonds. The molecule has 0 saturated heterocycles. The number of amides is 1. The van der Waals surface area contributed by atoms with Gasteiger partial charge in [-0.05, 0) is 48.8 Å². The lowest BCUT2D eigenvalue weighted by molar-refractivity contribution is 0.0956. The van der Waals surface area contributed by atoms with Gasteiger partial charge in [-0.25, -0.2) is 0 Å². The third-order valence-corrected chi connectivity index (χ3v) is 3.80. The minimum atomic E-state index is 0.0577. The van der Waals surface area contributed by atoms with Gasteiger partial charge in [0.05, 0.1) is 0 Å². The number of hydrogen-bond acceptors (Lipinski definition) is 2. The molecule has 90 valence electrons. The van der Waals surface area contributed by atoms with Gasteiger partial charge in [-0.15, -0.1) is 0 Å². The summed E-state index contributed by atoms with van der Waals surface area (Å²) in [6.07, 6.45) is 4.45. The molecule has 2 aliphatic rings. The molecule has 1 saturated carbocycles. The van der Waals surface area contributed by atoms with Crippen LogP contribution in [0.5, 0.6) is 0 Å². The van der Waals surface area contributed by atoms with Gasteiger partial charge in [-0.1, -0.05) is 12.1 Å². The third-order valence-electron chi connectivity index (χ3n) is 3.80. The lowest BCUT2D eigenvalue weighted by atomic mass is 9.96. The number of nitrogens with one attached hydrogen (secondary N) is 1. The van der Waals surface area contributed by atoms with Gasteiger partial charge in [0, 0.05) is 18.2 Å². The Bertz CT molecular complexity index is 452. The van der Waals surface area contributed by atoms with E-state index >= 15 is 0 Å². The summed E-state index contributed by atoms with van der Waals surface area (Å²) in [5, 5.41) is 2.93. The van der Waals surface area contributed by atoms with E-state index in [1.54, 1.807) is 0 Å². The molecule has 1 aliphatic heterocycles. The SMILES string of the molecule is NC(c1ccc2c(c1)C(=O)NCCC2)C1CC1. The molecular formula is C14H18N2O. The lowest BCUT2D eigenvalue weighted by Crippen LogP contribution is -2.23. The van der Waals surface area contributed by atoms with Crippen molar-refractivity contribution in [2.75, 3.05) is 6.54 Å². The standard InChI is InChI=1S/C14H18N2O/c15-13(10-4-5-10)11-6-3-9-2-1-7-16-14(17)12(9)8-11/h3,6,8,10,13H,1-2,4-5,7,15H2,(H,16,17). The summed E-state index contributed by atoms with van der Waals surface area (Å²) in [5.74, 6) is 0.684. The fraction of sp³-hybridized carbons (Fsp3) is 0.500. The molecule has 3 nitrogen and oxygen atoms in total. The van der Waals surface area contributed by atoms with Gasteiger partial charge in [0.25, 0.3) is 5.91 Å². The monoisotopic (exact) mass is 230 g/mol. The van der Waals surface area contributed by atoms with E-state index in [9.17, 15) is 4.79 Å². The summed E-state index contributed by atoms with van der Waals surface area (Å²) in [7, 11) is 0. The number of aryl methyl sites for hydroxylation is 1. The Kier molecular flexibility index (Phi) is 2.63. The molecule has 0 bridgehead atoms. The van der Waals surface area contributed by atoms with Crippen LogP contribution in [0.4, 0.5) is 0 Å². The Morgan fingerprint density at radius 1 is 1.35 bits per heavy atom. The van der Waals surface area contributed by atoms with Crippen LogP contribution < -0.4 is 11.1 Å². The molecule has 0 spiro atoms. The molecule has 0 radical (unpaired) electrons. The zero-order valence-corrected chi connectivity index (χ0v) is 9.91. The predicted octanol–water partition coefficient (Wildman–Crippen LogP) is 1.77. The summed E-state index contributed by atoms with van der Waals surface area (Å²) < 4.78 is 0. The minimum Gasteiger partial charge on any atom is -0.352 e. The number of carbonyl (C=O) groups is 1. The average molecular weight is 230 g/mol. The van der Waals surface area contributed by atoms with Crippen molar-refractivity contribution in [3.63, 3.8) is 0 Å². The summed E-state index contributed by atoms with van der Waals surface area (Å²) in [6.45, 7) is 0.775. The van der Waals surface area contributed by atoms with Crippen molar-refractivity contribution in [1.82, 2.24) is 5.32 Å². The quantitative estimate of drug-likeness (QED) is 0.813. The van der Waals surface area contributed by atoms with Crippen LogP contribution in [0.15, 0.2) is 18.2 Å². The van der Waals surface area contributed by atoms with Crippen molar-refractivity contribution in [3.8, 4) is 0 Å². The molecular weight excluding hydrogens is 212 g/mol. The van der Waals surface area contributed by atoms with Crippen LogP contribution in [0.25, 0.3) is 0 Å². The zero-order valence-electron chi connectivity index (χ0n) is 9.91. The third kappa shape index (κ3) is 2.07. The van der Waals surface area contributed by atoms with Gasteiger partial charge in [0.2, 0.25) is 0 Å². The van der Waals surface area contributed by atoms with Gasteiger partial charge in [0.1, 0.15) is 0 Å². The van der Waals surface area contributed by atoms with Crippen molar-refractivity contribution in [3.05, 3.63) is 34.9 Å². The van der Waals surface area contributed by atoms with Crippen LogP contribution in [0, 0.1) is 5.92 Å². The summed E-state index contributed by atoms with van der Waals surface area (Å²) >= 11 is 0. The van der Waals surface area contributed by atoms with Crippen LogP contribution in [0.1, 0.15) is 46.8 Å². The van der Waals surface area contributed by atoms with E-state index in [2.05, 4.69) is 17.4 Å². The number of hydrogen-bond donors (Lipinski definition) is 2. The zero-order chi connectivity index (χ0) is 11.8. The maximum atomic E-state index is 11.9. The molecule has 3 N–H and O–H groups in total. The topological polar surface area (TPSA) is 55.1 Å². The van der Waals surface area contributed by atoms with Gasteiger partial charge in [-0.3, -0.25) is 4.79 Å². The Balaban J connectivity index is 1.95. The van der Waals surface area contributed by atoms with Gasteiger partial charge >= 0.3 is 0 Å². The van der Waals surface area contributed by atoms with E-state index in [1.807, 2.05) is 6.07 Å². The fourth-order valence-electron chi connectivity index (χ4n) is 2.53. The maximum Gasteiger partial charge on any atom is 0.251 e. The second-order valence-corrected chi connectivity index (χ2v) is 5.14. The van der Waals surface area contributed by atoms with Crippen molar-refractivity contribution in [2.45, 2.75) is 31.7 Å². The van der Waals surface area contributed by atoms with Crippen LogP contribution >= 0.6 is 0 Å². The highest BCUT2D eigenvalue weighted by molar-refractivity contribution is 5.96. The van der Waals surface area contributed by atoms with Crippen LogP contribution in [0.3, 0.4) is 0 Å².